The summed E-state index contributed by atoms with van der Waals surface area (Å²) in [6.07, 6.45) is -9.81. The lowest BCUT2D eigenvalue weighted by Gasteiger charge is -2.39. The van der Waals surface area contributed by atoms with Gasteiger partial charge in [0.25, 0.3) is 5.60 Å². The van der Waals surface area contributed by atoms with Gasteiger partial charge in [0.15, 0.2) is 0 Å². The number of alkyl halides is 6. The van der Waals surface area contributed by atoms with Crippen LogP contribution in [0.25, 0.3) is 0 Å². The molecule has 0 aromatic heterocycles. The van der Waals surface area contributed by atoms with E-state index in [0.717, 1.165) is 0 Å². The lowest BCUT2D eigenvalue weighted by atomic mass is 9.80. The van der Waals surface area contributed by atoms with Crippen molar-refractivity contribution in [1.29, 1.82) is 0 Å². The molecule has 2 bridgehead atoms. The van der Waals surface area contributed by atoms with Gasteiger partial charge in [-0.3, -0.25) is 0 Å². The van der Waals surface area contributed by atoms with Crippen LogP contribution in [-0.2, 0) is 0 Å². The molecule has 6 unspecified atom stereocenters. The molecule has 8 heteroatoms. The average molecular weight is 316 g/mol. The Morgan fingerprint density at radius 3 is 1.86 bits per heavy atom. The van der Waals surface area contributed by atoms with Crippen LogP contribution in [0.1, 0.15) is 12.8 Å². The van der Waals surface area contributed by atoms with E-state index < -0.39 is 48.2 Å². The highest BCUT2D eigenvalue weighted by Gasteiger charge is 2.77. The van der Waals surface area contributed by atoms with Crippen molar-refractivity contribution in [2.24, 2.45) is 29.6 Å². The Balaban J connectivity index is 1.97. The number of aliphatic hydroxyl groups is 2. The van der Waals surface area contributed by atoms with Crippen LogP contribution < -0.4 is 0 Å². The molecule has 2 saturated carbocycles. The van der Waals surface area contributed by atoms with Crippen molar-refractivity contribution < 1.29 is 36.6 Å². The molecule has 0 heterocycles. The van der Waals surface area contributed by atoms with Gasteiger partial charge in [-0.25, -0.2) is 0 Å². The summed E-state index contributed by atoms with van der Waals surface area (Å²) >= 11 is 0. The van der Waals surface area contributed by atoms with Crippen LogP contribution in [0.3, 0.4) is 0 Å². The van der Waals surface area contributed by atoms with E-state index in [4.69, 9.17) is 0 Å². The summed E-state index contributed by atoms with van der Waals surface area (Å²) in [5.41, 5.74) is -4.86. The first-order valence-corrected chi connectivity index (χ1v) is 6.70. The van der Waals surface area contributed by atoms with Gasteiger partial charge in [-0.2, -0.15) is 26.3 Å². The van der Waals surface area contributed by atoms with Gasteiger partial charge in [-0.15, -0.1) is 0 Å². The number of halogens is 6. The van der Waals surface area contributed by atoms with Crippen LogP contribution in [-0.4, -0.2) is 34.3 Å². The van der Waals surface area contributed by atoms with Crippen LogP contribution in [0.15, 0.2) is 12.2 Å². The highest BCUT2D eigenvalue weighted by Crippen LogP contribution is 2.62. The van der Waals surface area contributed by atoms with Crippen molar-refractivity contribution in [2.75, 3.05) is 0 Å². The predicted octanol–water partition coefficient (Wildman–Crippen LogP) is 2.66. The Bertz CT molecular complexity index is 454. The third kappa shape index (κ3) is 1.81. The molecule has 0 saturated heterocycles. The standard InChI is InChI=1S/C13H14F6O2/c14-12(15,16)11(21,13(17,18)19)8-4-7-5-1-2-6(3-5)9(7)10(8)20/h1-2,5-10,20-21H,3-4H2. The first-order chi connectivity index (χ1) is 9.48. The van der Waals surface area contributed by atoms with Crippen LogP contribution in [0.5, 0.6) is 0 Å². The SMILES string of the molecule is OC1C2C3C=CC(C3)C2CC1C(O)(C(F)(F)F)C(F)(F)F. The van der Waals surface area contributed by atoms with Crippen molar-refractivity contribution >= 4 is 0 Å². The maximum Gasteiger partial charge on any atom is 0.426 e. The second-order valence-electron chi connectivity index (χ2n) is 6.28. The normalized spacial score (nSPS) is 42.7. The Hall–Kier alpha value is -0.760. The lowest BCUT2D eigenvalue weighted by molar-refractivity contribution is -0.390. The van der Waals surface area contributed by atoms with E-state index in [0.29, 0.717) is 6.42 Å². The molecule has 2 fully saturated rings. The van der Waals surface area contributed by atoms with Gasteiger partial charge in [0.2, 0.25) is 0 Å². The Kier molecular flexibility index (Phi) is 3.00. The van der Waals surface area contributed by atoms with Gasteiger partial charge in [-0.1, -0.05) is 12.2 Å². The second kappa shape index (κ2) is 4.16. The monoisotopic (exact) mass is 316 g/mol. The highest BCUT2D eigenvalue weighted by atomic mass is 19.4. The molecule has 0 spiro atoms. The zero-order valence-corrected chi connectivity index (χ0v) is 10.7. The number of allylic oxidation sites excluding steroid dienone is 2. The van der Waals surface area contributed by atoms with Crippen molar-refractivity contribution in [3.05, 3.63) is 12.2 Å². The fourth-order valence-corrected chi connectivity index (χ4v) is 4.50. The third-order valence-corrected chi connectivity index (χ3v) is 5.42. The van der Waals surface area contributed by atoms with E-state index in [-0.39, 0.29) is 11.8 Å². The molecule has 120 valence electrons. The van der Waals surface area contributed by atoms with E-state index in [2.05, 4.69) is 0 Å². The molecule has 3 aliphatic carbocycles. The number of hydrogen-bond acceptors (Lipinski definition) is 2. The zero-order chi connectivity index (χ0) is 15.8. The fourth-order valence-electron chi connectivity index (χ4n) is 4.50. The Morgan fingerprint density at radius 1 is 0.857 bits per heavy atom. The third-order valence-electron chi connectivity index (χ3n) is 5.42. The van der Waals surface area contributed by atoms with Gasteiger partial charge in [0.1, 0.15) is 0 Å². The van der Waals surface area contributed by atoms with Crippen LogP contribution in [0.4, 0.5) is 26.3 Å². The van der Waals surface area contributed by atoms with E-state index >= 15 is 0 Å². The Labute approximate surface area is 116 Å². The molecule has 0 aromatic rings. The summed E-state index contributed by atoms with van der Waals surface area (Å²) in [7, 11) is 0. The van der Waals surface area contributed by atoms with Crippen LogP contribution in [0.2, 0.25) is 0 Å². The predicted molar refractivity (Wildman–Crippen MR) is 58.9 cm³/mol. The molecule has 3 aliphatic rings. The van der Waals surface area contributed by atoms with Crippen molar-refractivity contribution in [1.82, 2.24) is 0 Å². The van der Waals surface area contributed by atoms with E-state index in [1.54, 1.807) is 12.2 Å². The minimum absolute atomic E-state index is 0.0923. The first kappa shape index (κ1) is 15.1. The van der Waals surface area contributed by atoms with Gasteiger partial charge in [-0.05, 0) is 36.5 Å². The van der Waals surface area contributed by atoms with Gasteiger partial charge in [0, 0.05) is 5.92 Å². The lowest BCUT2D eigenvalue weighted by Crippen LogP contribution is -2.63. The summed E-state index contributed by atoms with van der Waals surface area (Å²) in [4.78, 5) is 0. The van der Waals surface area contributed by atoms with Crippen LogP contribution in [0, 0.1) is 29.6 Å². The second-order valence-corrected chi connectivity index (χ2v) is 6.28. The van der Waals surface area contributed by atoms with E-state index in [1.165, 1.54) is 0 Å². The summed E-state index contributed by atoms with van der Waals surface area (Å²) in [5.74, 6) is -3.59. The van der Waals surface area contributed by atoms with Crippen LogP contribution >= 0.6 is 0 Å². The molecule has 2 N–H and O–H groups in total. The molecule has 0 aliphatic heterocycles. The molecule has 2 nitrogen and oxygen atoms in total. The summed E-state index contributed by atoms with van der Waals surface area (Å²) in [6, 6.07) is 0. The summed E-state index contributed by atoms with van der Waals surface area (Å²) in [5, 5.41) is 19.5. The summed E-state index contributed by atoms with van der Waals surface area (Å²) < 4.78 is 77.5. The van der Waals surface area contributed by atoms with Gasteiger partial charge < -0.3 is 10.2 Å². The van der Waals surface area contributed by atoms with E-state index in [9.17, 15) is 36.6 Å². The number of hydrogen-bond donors (Lipinski definition) is 2. The highest BCUT2D eigenvalue weighted by molar-refractivity contribution is 5.20. The maximum absolute atomic E-state index is 12.9. The largest absolute Gasteiger partial charge is 0.426 e. The maximum atomic E-state index is 12.9. The minimum Gasteiger partial charge on any atom is -0.392 e. The van der Waals surface area contributed by atoms with E-state index in [1.807, 2.05) is 0 Å². The molecule has 3 rings (SSSR count). The number of aliphatic hydroxyl groups excluding tert-OH is 1. The van der Waals surface area contributed by atoms with Gasteiger partial charge >= 0.3 is 12.4 Å². The zero-order valence-electron chi connectivity index (χ0n) is 10.7. The fraction of sp³-hybridized carbons (Fsp3) is 0.846. The molecular weight excluding hydrogens is 302 g/mol. The number of fused-ring (bicyclic) bond motifs is 5. The molecule has 0 aromatic carbocycles. The molecule has 0 amide bonds. The quantitative estimate of drug-likeness (QED) is 0.577. The van der Waals surface area contributed by atoms with Crippen molar-refractivity contribution in [3.63, 3.8) is 0 Å². The Morgan fingerprint density at radius 2 is 1.38 bits per heavy atom. The molecule has 21 heavy (non-hydrogen) atoms. The van der Waals surface area contributed by atoms with Gasteiger partial charge in [0.05, 0.1) is 6.10 Å². The minimum atomic E-state index is -5.87. The average Bonchev–Trinajstić information content (AvgIpc) is 2.97. The molecule has 0 radical (unpaired) electrons. The number of rotatable bonds is 1. The summed E-state index contributed by atoms with van der Waals surface area (Å²) in [6.45, 7) is 0. The van der Waals surface area contributed by atoms with Crippen molar-refractivity contribution in [2.45, 2.75) is 36.9 Å². The molecule has 6 atom stereocenters. The van der Waals surface area contributed by atoms with Crippen molar-refractivity contribution in [3.8, 4) is 0 Å². The smallest absolute Gasteiger partial charge is 0.392 e. The first-order valence-electron chi connectivity index (χ1n) is 6.70. The topological polar surface area (TPSA) is 40.5 Å². The molecular formula is C13H14F6O2.